The van der Waals surface area contributed by atoms with E-state index in [9.17, 15) is 0 Å². The molecule has 0 aliphatic heterocycles. The molecule has 0 spiro atoms. The van der Waals surface area contributed by atoms with Gasteiger partial charge in [-0.25, -0.2) is 9.67 Å². The predicted octanol–water partition coefficient (Wildman–Crippen LogP) is 3.82. The third kappa shape index (κ3) is 3.89. The number of rotatable bonds is 7. The van der Waals surface area contributed by atoms with E-state index in [1.54, 1.807) is 19.5 Å². The first-order valence-electron chi connectivity index (χ1n) is 6.61. The average Bonchev–Trinajstić information content (AvgIpc) is 2.92. The molecule has 0 amide bonds. The molecule has 0 atom stereocenters. The van der Waals surface area contributed by atoms with Gasteiger partial charge >= 0.3 is 0 Å². The Balaban J connectivity index is 2.21. The van der Waals surface area contributed by atoms with E-state index in [0.29, 0.717) is 28.5 Å². The molecule has 1 heterocycles. The summed E-state index contributed by atoms with van der Waals surface area (Å²) < 4.78 is 13.1. The normalized spacial score (nSPS) is 10.7. The fourth-order valence-electron chi connectivity index (χ4n) is 1.97. The van der Waals surface area contributed by atoms with Gasteiger partial charge in [-0.1, -0.05) is 34.5 Å². The number of hydrogen-bond donors (Lipinski definition) is 0. The molecule has 2 aromatic rings. The van der Waals surface area contributed by atoms with Crippen molar-refractivity contribution >= 4 is 27.5 Å². The molecule has 21 heavy (non-hydrogen) atoms. The summed E-state index contributed by atoms with van der Waals surface area (Å²) in [6.07, 6.45) is 2.53. The van der Waals surface area contributed by atoms with Crippen molar-refractivity contribution in [2.75, 3.05) is 7.11 Å². The van der Waals surface area contributed by atoms with Gasteiger partial charge in [0.2, 0.25) is 0 Å². The monoisotopic (exact) mass is 373 g/mol. The fraction of sp³-hybridized carbons (Fsp3) is 0.429. The first-order valence-corrected chi connectivity index (χ1v) is 8.11. The van der Waals surface area contributed by atoms with Crippen molar-refractivity contribution in [2.45, 2.75) is 31.8 Å². The van der Waals surface area contributed by atoms with E-state index in [2.05, 4.69) is 32.9 Å². The molecule has 0 unspecified atom stereocenters. The lowest BCUT2D eigenvalue weighted by molar-refractivity contribution is 0.267. The zero-order chi connectivity index (χ0) is 15.2. The quantitative estimate of drug-likeness (QED) is 0.691. The molecule has 2 rings (SSSR count). The summed E-state index contributed by atoms with van der Waals surface area (Å²) in [5.41, 5.74) is 0.931. The molecule has 0 saturated carbocycles. The van der Waals surface area contributed by atoms with Gasteiger partial charge in [-0.05, 0) is 12.5 Å². The topological polar surface area (TPSA) is 49.2 Å². The van der Waals surface area contributed by atoms with Crippen LogP contribution in [0.15, 0.2) is 18.5 Å². The van der Waals surface area contributed by atoms with E-state index in [0.717, 1.165) is 24.4 Å². The Morgan fingerprint density at radius 1 is 1.38 bits per heavy atom. The maximum Gasteiger partial charge on any atom is 0.165 e. The van der Waals surface area contributed by atoms with Gasteiger partial charge in [0.15, 0.2) is 17.3 Å². The van der Waals surface area contributed by atoms with Crippen molar-refractivity contribution in [3.05, 3.63) is 34.9 Å². The van der Waals surface area contributed by atoms with Gasteiger partial charge in [0.05, 0.1) is 7.11 Å². The number of nitrogens with zero attached hydrogens (tertiary/aromatic N) is 3. The molecule has 7 heteroatoms. The van der Waals surface area contributed by atoms with Gasteiger partial charge in [-0.15, -0.1) is 0 Å². The smallest absolute Gasteiger partial charge is 0.165 e. The van der Waals surface area contributed by atoms with E-state index in [1.807, 2.05) is 10.7 Å². The molecule has 1 aromatic heterocycles. The van der Waals surface area contributed by atoms with Crippen molar-refractivity contribution in [1.29, 1.82) is 0 Å². The van der Waals surface area contributed by atoms with Gasteiger partial charge in [-0.2, -0.15) is 5.10 Å². The summed E-state index contributed by atoms with van der Waals surface area (Å²) in [4.78, 5) is 4.23. The maximum absolute atomic E-state index is 6.06. The highest BCUT2D eigenvalue weighted by molar-refractivity contribution is 9.08. The average molecular weight is 375 g/mol. The summed E-state index contributed by atoms with van der Waals surface area (Å²) in [6, 6.07) is 3.59. The van der Waals surface area contributed by atoms with E-state index in [4.69, 9.17) is 21.1 Å². The standard InChI is InChI=1S/C14H17BrClN3O2/c1-3-4-19-13(17-9-18-19)8-21-14-10(7-15)5-11(16)6-12(14)20-2/h5-6,9H,3-4,7-8H2,1-2H3. The summed E-state index contributed by atoms with van der Waals surface area (Å²) in [5.74, 6) is 2.07. The van der Waals surface area contributed by atoms with Crippen LogP contribution < -0.4 is 9.47 Å². The van der Waals surface area contributed by atoms with Crippen LogP contribution in [-0.2, 0) is 18.5 Å². The molecular formula is C14H17BrClN3O2. The molecule has 0 radical (unpaired) electrons. The summed E-state index contributed by atoms with van der Waals surface area (Å²) in [6.45, 7) is 3.25. The number of ether oxygens (including phenoxy) is 2. The minimum Gasteiger partial charge on any atom is -0.493 e. The van der Waals surface area contributed by atoms with E-state index in [1.165, 1.54) is 0 Å². The van der Waals surface area contributed by atoms with Crippen molar-refractivity contribution in [1.82, 2.24) is 14.8 Å². The fourth-order valence-corrected chi connectivity index (χ4v) is 2.62. The number of methoxy groups -OCH3 is 1. The second-order valence-corrected chi connectivity index (χ2v) is 5.42. The lowest BCUT2D eigenvalue weighted by Gasteiger charge is -2.14. The summed E-state index contributed by atoms with van der Waals surface area (Å²) >= 11 is 9.50. The second-order valence-electron chi connectivity index (χ2n) is 4.42. The number of alkyl halides is 1. The minimum absolute atomic E-state index is 0.331. The van der Waals surface area contributed by atoms with Crippen LogP contribution in [0.25, 0.3) is 0 Å². The van der Waals surface area contributed by atoms with Crippen molar-refractivity contribution in [2.24, 2.45) is 0 Å². The Morgan fingerprint density at radius 2 is 2.19 bits per heavy atom. The van der Waals surface area contributed by atoms with Crippen LogP contribution >= 0.6 is 27.5 Å². The van der Waals surface area contributed by atoms with Gasteiger partial charge < -0.3 is 9.47 Å². The highest BCUT2D eigenvalue weighted by atomic mass is 79.9. The lowest BCUT2D eigenvalue weighted by atomic mass is 10.2. The van der Waals surface area contributed by atoms with Crippen molar-refractivity contribution < 1.29 is 9.47 Å². The highest BCUT2D eigenvalue weighted by Crippen LogP contribution is 2.36. The van der Waals surface area contributed by atoms with Crippen LogP contribution in [0.5, 0.6) is 11.5 Å². The van der Waals surface area contributed by atoms with Crippen LogP contribution in [-0.4, -0.2) is 21.9 Å². The molecule has 0 N–H and O–H groups in total. The highest BCUT2D eigenvalue weighted by Gasteiger charge is 2.14. The molecular weight excluding hydrogens is 358 g/mol. The molecule has 0 aliphatic carbocycles. The van der Waals surface area contributed by atoms with E-state index < -0.39 is 0 Å². The Hall–Kier alpha value is -1.27. The predicted molar refractivity (Wildman–Crippen MR) is 85.3 cm³/mol. The number of hydrogen-bond acceptors (Lipinski definition) is 4. The SMILES string of the molecule is CCCn1ncnc1COc1c(CBr)cc(Cl)cc1OC. The van der Waals surface area contributed by atoms with Crippen LogP contribution in [0, 0.1) is 0 Å². The van der Waals surface area contributed by atoms with E-state index >= 15 is 0 Å². The maximum atomic E-state index is 6.06. The second kappa shape index (κ2) is 7.66. The van der Waals surface area contributed by atoms with Gasteiger partial charge in [0.1, 0.15) is 12.9 Å². The summed E-state index contributed by atoms with van der Waals surface area (Å²) in [5, 5.41) is 5.42. The first-order chi connectivity index (χ1) is 10.2. The molecule has 114 valence electrons. The van der Waals surface area contributed by atoms with Crippen LogP contribution in [0.3, 0.4) is 0 Å². The Morgan fingerprint density at radius 3 is 2.86 bits per heavy atom. The van der Waals surface area contributed by atoms with Gasteiger partial charge in [0, 0.05) is 28.5 Å². The van der Waals surface area contributed by atoms with Crippen LogP contribution in [0.2, 0.25) is 5.02 Å². The Kier molecular flexibility index (Phi) is 5.87. The Labute approximate surface area is 137 Å². The minimum atomic E-state index is 0.331. The first kappa shape index (κ1) is 16.1. The molecule has 0 saturated heterocycles. The number of aromatic nitrogens is 3. The Bertz CT molecular complexity index is 579. The van der Waals surface area contributed by atoms with Crippen LogP contribution in [0.4, 0.5) is 0 Å². The van der Waals surface area contributed by atoms with Crippen molar-refractivity contribution in [3.8, 4) is 11.5 Å². The lowest BCUT2D eigenvalue weighted by Crippen LogP contribution is -2.09. The zero-order valence-electron chi connectivity index (χ0n) is 12.0. The van der Waals surface area contributed by atoms with E-state index in [-0.39, 0.29) is 0 Å². The molecule has 0 fully saturated rings. The third-order valence-electron chi connectivity index (χ3n) is 2.94. The number of benzene rings is 1. The third-order valence-corrected chi connectivity index (χ3v) is 3.76. The largest absolute Gasteiger partial charge is 0.493 e. The van der Waals surface area contributed by atoms with Crippen LogP contribution in [0.1, 0.15) is 24.7 Å². The summed E-state index contributed by atoms with van der Waals surface area (Å²) in [7, 11) is 1.59. The van der Waals surface area contributed by atoms with Gasteiger partial charge in [-0.3, -0.25) is 0 Å². The molecule has 5 nitrogen and oxygen atoms in total. The zero-order valence-corrected chi connectivity index (χ0v) is 14.3. The molecule has 1 aromatic carbocycles. The van der Waals surface area contributed by atoms with Crippen molar-refractivity contribution in [3.63, 3.8) is 0 Å². The number of halogens is 2. The molecule has 0 aliphatic rings. The molecule has 0 bridgehead atoms. The number of aryl methyl sites for hydroxylation is 1. The van der Waals surface area contributed by atoms with Gasteiger partial charge in [0.25, 0.3) is 0 Å².